The third-order valence-electron chi connectivity index (χ3n) is 1.09. The lowest BCUT2D eigenvalue weighted by atomic mass is 10.5. The van der Waals surface area contributed by atoms with E-state index in [4.69, 9.17) is 5.41 Å². The second-order valence-electron chi connectivity index (χ2n) is 1.72. The molecule has 0 bridgehead atoms. The van der Waals surface area contributed by atoms with E-state index in [1.54, 1.807) is 12.1 Å². The van der Waals surface area contributed by atoms with E-state index in [0.717, 1.165) is 0 Å². The summed E-state index contributed by atoms with van der Waals surface area (Å²) in [6.07, 6.45) is 2.12. The normalized spacial score (nSPS) is 8.25. The van der Waals surface area contributed by atoms with Crippen LogP contribution in [0, 0.1) is 5.41 Å². The number of pyridine rings is 1. The van der Waals surface area contributed by atoms with Gasteiger partial charge < -0.3 is 5.73 Å². The summed E-state index contributed by atoms with van der Waals surface area (Å²) < 4.78 is 1.80. The van der Waals surface area contributed by atoms with Gasteiger partial charge in [-0.05, 0) is 35.1 Å². The quantitative estimate of drug-likeness (QED) is 0.685. The molecule has 1 rings (SSSR count). The first-order valence-corrected chi connectivity index (χ1v) is 3.99. The Morgan fingerprint density at radius 2 is 2.25 bits per heavy atom. The number of nitrogens with zero attached hydrogens (tertiary/aromatic N) is 1. The largest absolute Gasteiger partial charge is 0.333 e. The fourth-order valence-corrected chi connectivity index (χ4v) is 0.942. The fourth-order valence-electron chi connectivity index (χ4n) is 0.585. The van der Waals surface area contributed by atoms with E-state index < -0.39 is 0 Å². The minimum atomic E-state index is 0.164. The summed E-state index contributed by atoms with van der Waals surface area (Å²) in [6, 6.07) is 3.40. The molecule has 0 atom stereocenters. The highest BCUT2D eigenvalue weighted by Gasteiger charge is 1.91. The summed E-state index contributed by atoms with van der Waals surface area (Å²) in [5.41, 5.74) is 4.66. The summed E-state index contributed by atoms with van der Waals surface area (Å²) in [5, 5.41) is 7.28. The van der Waals surface area contributed by atoms with Crippen molar-refractivity contribution in [3.05, 3.63) is 28.3 Å². The number of hydrogen-bond acceptors (Lipinski definition) is 3. The van der Waals surface area contributed by atoms with Crippen molar-refractivity contribution in [1.29, 1.82) is 5.41 Å². The number of halogens is 1. The Morgan fingerprint density at radius 3 is 2.67 bits per heavy atom. The number of carbonyl (C=O) groups excluding carboxylic acids is 1. The molecule has 0 radical (unpaired) electrons. The third-order valence-corrected chi connectivity index (χ3v) is 1.73. The van der Waals surface area contributed by atoms with Gasteiger partial charge in [0.15, 0.2) is 0 Å². The Hall–Kier alpha value is -0.940. The Morgan fingerprint density at radius 1 is 1.67 bits per heavy atom. The minimum Gasteiger partial charge on any atom is -0.333 e. The van der Waals surface area contributed by atoms with Crippen LogP contribution in [0.1, 0.15) is 0 Å². The SMILES string of the molecule is CN.N=c1c(Br)cccn1C=O. The van der Waals surface area contributed by atoms with Crippen LogP contribution in [0.2, 0.25) is 0 Å². The van der Waals surface area contributed by atoms with Gasteiger partial charge in [-0.3, -0.25) is 14.8 Å². The molecule has 0 aliphatic carbocycles. The van der Waals surface area contributed by atoms with E-state index in [2.05, 4.69) is 21.7 Å². The molecule has 12 heavy (non-hydrogen) atoms. The highest BCUT2D eigenvalue weighted by Crippen LogP contribution is 1.98. The first-order valence-electron chi connectivity index (χ1n) is 3.20. The summed E-state index contributed by atoms with van der Waals surface area (Å²) in [7, 11) is 1.50. The third kappa shape index (κ3) is 2.60. The Labute approximate surface area is 78.7 Å². The van der Waals surface area contributed by atoms with Crippen molar-refractivity contribution in [2.24, 2.45) is 5.73 Å². The van der Waals surface area contributed by atoms with E-state index in [1.165, 1.54) is 17.8 Å². The molecule has 4 nitrogen and oxygen atoms in total. The van der Waals surface area contributed by atoms with Crippen LogP contribution in [0.15, 0.2) is 22.8 Å². The number of rotatable bonds is 1. The molecule has 0 aliphatic rings. The van der Waals surface area contributed by atoms with Crippen molar-refractivity contribution in [3.63, 3.8) is 0 Å². The van der Waals surface area contributed by atoms with Crippen LogP contribution in [0.25, 0.3) is 0 Å². The monoisotopic (exact) mass is 231 g/mol. The van der Waals surface area contributed by atoms with Crippen molar-refractivity contribution in [1.82, 2.24) is 4.57 Å². The average molecular weight is 232 g/mol. The topological polar surface area (TPSA) is 71.9 Å². The van der Waals surface area contributed by atoms with Crippen molar-refractivity contribution in [3.8, 4) is 0 Å². The molecule has 0 spiro atoms. The van der Waals surface area contributed by atoms with Crippen LogP contribution in [-0.2, 0) is 4.79 Å². The number of carbonyl (C=O) groups is 1. The molecular weight excluding hydrogens is 222 g/mol. The van der Waals surface area contributed by atoms with E-state index in [0.29, 0.717) is 10.9 Å². The zero-order valence-electron chi connectivity index (χ0n) is 6.62. The van der Waals surface area contributed by atoms with E-state index >= 15 is 0 Å². The summed E-state index contributed by atoms with van der Waals surface area (Å²) in [5.74, 6) is 0. The van der Waals surface area contributed by atoms with Gasteiger partial charge in [0.1, 0.15) is 5.49 Å². The lowest BCUT2D eigenvalue weighted by Gasteiger charge is -1.95. The molecular formula is C7H10BrN3O. The molecule has 1 aromatic rings. The van der Waals surface area contributed by atoms with Crippen LogP contribution < -0.4 is 11.2 Å². The van der Waals surface area contributed by atoms with Gasteiger partial charge in [0, 0.05) is 6.20 Å². The second kappa shape index (κ2) is 5.68. The first-order chi connectivity index (χ1) is 5.75. The van der Waals surface area contributed by atoms with Crippen LogP contribution >= 0.6 is 15.9 Å². The standard InChI is InChI=1S/C6H5BrN2O.CH5N/c7-5-2-1-3-9(4-10)6(5)8;1-2/h1-4,8H;2H2,1H3. The van der Waals surface area contributed by atoms with Crippen LogP contribution in [0.3, 0.4) is 0 Å². The predicted octanol–water partition coefficient (Wildman–Crippen LogP) is 0.343. The Kier molecular flexibility index (Phi) is 5.23. The Balaban J connectivity index is 0.000000561. The fraction of sp³-hybridized carbons (Fsp3) is 0.143. The van der Waals surface area contributed by atoms with Gasteiger partial charge in [-0.1, -0.05) is 0 Å². The smallest absolute Gasteiger partial charge is 0.219 e. The first kappa shape index (κ1) is 11.1. The molecule has 1 heterocycles. The lowest BCUT2D eigenvalue weighted by molar-refractivity contribution is 0.544. The maximum absolute atomic E-state index is 10.2. The zero-order chi connectivity index (χ0) is 9.56. The summed E-state index contributed by atoms with van der Waals surface area (Å²) in [4.78, 5) is 10.2. The summed E-state index contributed by atoms with van der Waals surface area (Å²) >= 11 is 3.12. The molecule has 0 saturated heterocycles. The van der Waals surface area contributed by atoms with Crippen molar-refractivity contribution < 1.29 is 4.79 Å². The molecule has 0 aromatic carbocycles. The molecule has 0 amide bonds. The van der Waals surface area contributed by atoms with Gasteiger partial charge >= 0.3 is 0 Å². The summed E-state index contributed by atoms with van der Waals surface area (Å²) in [6.45, 7) is 0. The number of nitrogens with two attached hydrogens (primary N) is 1. The Bertz CT molecular complexity index is 308. The lowest BCUT2D eigenvalue weighted by Crippen LogP contribution is -2.18. The number of aromatic nitrogens is 1. The highest BCUT2D eigenvalue weighted by molar-refractivity contribution is 9.10. The zero-order valence-corrected chi connectivity index (χ0v) is 8.21. The molecule has 0 fully saturated rings. The van der Waals surface area contributed by atoms with Gasteiger partial charge in [-0.25, -0.2) is 0 Å². The van der Waals surface area contributed by atoms with Crippen LogP contribution in [-0.4, -0.2) is 18.0 Å². The number of nitrogens with one attached hydrogen (secondary N) is 1. The van der Waals surface area contributed by atoms with E-state index in [1.807, 2.05) is 0 Å². The predicted molar refractivity (Wildman–Crippen MR) is 50.2 cm³/mol. The van der Waals surface area contributed by atoms with E-state index in [9.17, 15) is 4.79 Å². The van der Waals surface area contributed by atoms with Crippen molar-refractivity contribution in [2.45, 2.75) is 0 Å². The molecule has 0 saturated carbocycles. The molecule has 0 aliphatic heterocycles. The molecule has 5 heteroatoms. The molecule has 66 valence electrons. The van der Waals surface area contributed by atoms with E-state index in [-0.39, 0.29) is 5.49 Å². The second-order valence-corrected chi connectivity index (χ2v) is 2.57. The van der Waals surface area contributed by atoms with Crippen molar-refractivity contribution >= 4 is 22.3 Å². The maximum atomic E-state index is 10.2. The van der Waals surface area contributed by atoms with Crippen LogP contribution in [0.4, 0.5) is 0 Å². The van der Waals surface area contributed by atoms with Gasteiger partial charge in [-0.15, -0.1) is 0 Å². The number of hydrogen-bond donors (Lipinski definition) is 2. The van der Waals surface area contributed by atoms with Crippen LogP contribution in [0.5, 0.6) is 0 Å². The van der Waals surface area contributed by atoms with Gasteiger partial charge in [0.2, 0.25) is 6.41 Å². The molecule has 0 unspecified atom stereocenters. The minimum absolute atomic E-state index is 0.164. The maximum Gasteiger partial charge on any atom is 0.219 e. The van der Waals surface area contributed by atoms with Gasteiger partial charge in [-0.2, -0.15) is 0 Å². The average Bonchev–Trinajstić information content (AvgIpc) is 2.13. The molecule has 1 aromatic heterocycles. The molecule has 3 N–H and O–H groups in total. The highest BCUT2D eigenvalue weighted by atomic mass is 79.9. The van der Waals surface area contributed by atoms with Crippen molar-refractivity contribution in [2.75, 3.05) is 7.05 Å². The van der Waals surface area contributed by atoms with Gasteiger partial charge in [0.05, 0.1) is 4.47 Å². The van der Waals surface area contributed by atoms with Gasteiger partial charge in [0.25, 0.3) is 0 Å².